The van der Waals surface area contributed by atoms with Crippen molar-refractivity contribution in [1.82, 2.24) is 19.8 Å². The molecule has 0 saturated carbocycles. The van der Waals surface area contributed by atoms with E-state index in [0.29, 0.717) is 28.4 Å². The monoisotopic (exact) mass is 383 g/mol. The standard InChI is InChI=1S/C18H14FN5O2S/c1-12-20-21-18-10-9-16(22-24(12)18)13-5-4-6-14(11-13)23-27(25,26)17-8-3-2-7-15(17)19/h2-11,23H,1H3. The number of rotatable bonds is 4. The van der Waals surface area contributed by atoms with Crippen LogP contribution in [0.3, 0.4) is 0 Å². The van der Waals surface area contributed by atoms with Crippen LogP contribution < -0.4 is 4.72 Å². The second-order valence-corrected chi connectivity index (χ2v) is 7.50. The van der Waals surface area contributed by atoms with E-state index >= 15 is 0 Å². The van der Waals surface area contributed by atoms with Crippen molar-refractivity contribution < 1.29 is 12.8 Å². The number of aryl methyl sites for hydroxylation is 1. The van der Waals surface area contributed by atoms with Crippen LogP contribution in [0.5, 0.6) is 0 Å². The maximum absolute atomic E-state index is 13.8. The summed E-state index contributed by atoms with van der Waals surface area (Å²) in [5.74, 6) is -0.167. The lowest BCUT2D eigenvalue weighted by Gasteiger charge is -2.10. The molecule has 0 fully saturated rings. The van der Waals surface area contributed by atoms with Crippen LogP contribution in [0.25, 0.3) is 16.9 Å². The molecule has 2 aromatic carbocycles. The number of nitrogens with one attached hydrogen (secondary N) is 1. The maximum atomic E-state index is 13.8. The Kier molecular flexibility index (Phi) is 4.08. The van der Waals surface area contributed by atoms with Gasteiger partial charge in [0.05, 0.1) is 5.69 Å². The SMILES string of the molecule is Cc1nnc2ccc(-c3cccc(NS(=O)(=O)c4ccccc4F)c3)nn12. The number of benzene rings is 2. The molecule has 136 valence electrons. The lowest BCUT2D eigenvalue weighted by Crippen LogP contribution is -2.14. The molecule has 0 aliphatic carbocycles. The number of hydrogen-bond acceptors (Lipinski definition) is 5. The summed E-state index contributed by atoms with van der Waals surface area (Å²) in [4.78, 5) is -0.407. The highest BCUT2D eigenvalue weighted by Crippen LogP contribution is 2.24. The summed E-state index contributed by atoms with van der Waals surface area (Å²) < 4.78 is 42.8. The van der Waals surface area contributed by atoms with E-state index in [2.05, 4.69) is 20.0 Å². The summed E-state index contributed by atoms with van der Waals surface area (Å²) >= 11 is 0. The maximum Gasteiger partial charge on any atom is 0.264 e. The lowest BCUT2D eigenvalue weighted by atomic mass is 10.1. The fourth-order valence-electron chi connectivity index (χ4n) is 2.66. The summed E-state index contributed by atoms with van der Waals surface area (Å²) in [7, 11) is -4.05. The van der Waals surface area contributed by atoms with Gasteiger partial charge in [0.25, 0.3) is 10.0 Å². The zero-order valence-corrected chi connectivity index (χ0v) is 15.0. The van der Waals surface area contributed by atoms with Gasteiger partial charge in [-0.25, -0.2) is 12.8 Å². The van der Waals surface area contributed by atoms with Crippen molar-refractivity contribution >= 4 is 21.4 Å². The molecule has 4 rings (SSSR count). The first-order valence-electron chi connectivity index (χ1n) is 8.01. The molecule has 0 aliphatic rings. The van der Waals surface area contributed by atoms with Gasteiger partial charge in [0.1, 0.15) is 10.7 Å². The quantitative estimate of drug-likeness (QED) is 0.585. The van der Waals surface area contributed by atoms with Crippen LogP contribution in [0.1, 0.15) is 5.82 Å². The fraction of sp³-hybridized carbons (Fsp3) is 0.0556. The van der Waals surface area contributed by atoms with Gasteiger partial charge in [0.15, 0.2) is 11.5 Å². The highest BCUT2D eigenvalue weighted by molar-refractivity contribution is 7.92. The minimum Gasteiger partial charge on any atom is -0.280 e. The summed E-state index contributed by atoms with van der Waals surface area (Å²) in [6.45, 7) is 1.79. The normalized spacial score (nSPS) is 11.6. The summed E-state index contributed by atoms with van der Waals surface area (Å²) in [5, 5.41) is 12.4. The Morgan fingerprint density at radius 3 is 2.63 bits per heavy atom. The highest BCUT2D eigenvalue weighted by Gasteiger charge is 2.18. The Balaban J connectivity index is 1.70. The van der Waals surface area contributed by atoms with Gasteiger partial charge < -0.3 is 0 Å². The number of sulfonamides is 1. The Labute approximate surface area is 154 Å². The third-order valence-corrected chi connectivity index (χ3v) is 5.37. The van der Waals surface area contributed by atoms with Crippen LogP contribution in [-0.2, 0) is 10.0 Å². The van der Waals surface area contributed by atoms with E-state index in [1.165, 1.54) is 18.2 Å². The Hall–Kier alpha value is -3.33. The predicted molar refractivity (Wildman–Crippen MR) is 98.2 cm³/mol. The number of halogens is 1. The number of fused-ring (bicyclic) bond motifs is 1. The zero-order chi connectivity index (χ0) is 19.0. The molecule has 1 N–H and O–H groups in total. The first-order valence-corrected chi connectivity index (χ1v) is 9.49. The number of hydrogen-bond donors (Lipinski definition) is 1. The molecular weight excluding hydrogens is 369 g/mol. The Morgan fingerprint density at radius 1 is 1.00 bits per heavy atom. The Morgan fingerprint density at radius 2 is 1.81 bits per heavy atom. The van der Waals surface area contributed by atoms with E-state index in [1.54, 1.807) is 47.8 Å². The summed E-state index contributed by atoms with van der Waals surface area (Å²) in [5.41, 5.74) is 2.24. The molecule has 2 heterocycles. The molecule has 0 atom stereocenters. The third-order valence-electron chi connectivity index (χ3n) is 3.96. The first kappa shape index (κ1) is 17.1. The molecule has 0 unspecified atom stereocenters. The fourth-order valence-corrected chi connectivity index (χ4v) is 3.79. The van der Waals surface area contributed by atoms with Crippen molar-refractivity contribution in [3.8, 4) is 11.3 Å². The largest absolute Gasteiger partial charge is 0.280 e. The molecule has 9 heteroatoms. The number of aromatic nitrogens is 4. The predicted octanol–water partition coefficient (Wildman–Crippen LogP) is 3.04. The molecule has 0 aliphatic heterocycles. The van der Waals surface area contributed by atoms with Crippen LogP contribution in [0, 0.1) is 12.7 Å². The average Bonchev–Trinajstić information content (AvgIpc) is 3.02. The molecule has 4 aromatic rings. The van der Waals surface area contributed by atoms with E-state index in [1.807, 2.05) is 0 Å². The summed E-state index contributed by atoms with van der Waals surface area (Å²) in [6.07, 6.45) is 0. The molecule has 27 heavy (non-hydrogen) atoms. The third kappa shape index (κ3) is 3.24. The van der Waals surface area contributed by atoms with E-state index in [0.717, 1.165) is 6.07 Å². The van der Waals surface area contributed by atoms with Gasteiger partial charge in [0, 0.05) is 11.3 Å². The van der Waals surface area contributed by atoms with E-state index in [4.69, 9.17) is 0 Å². The van der Waals surface area contributed by atoms with Crippen molar-refractivity contribution in [2.24, 2.45) is 0 Å². The van der Waals surface area contributed by atoms with Crippen molar-refractivity contribution in [2.75, 3.05) is 4.72 Å². The van der Waals surface area contributed by atoms with E-state index < -0.39 is 20.7 Å². The second kappa shape index (κ2) is 6.44. The first-order chi connectivity index (χ1) is 12.9. The van der Waals surface area contributed by atoms with Gasteiger partial charge in [-0.1, -0.05) is 24.3 Å². The van der Waals surface area contributed by atoms with Gasteiger partial charge in [-0.05, 0) is 43.3 Å². The zero-order valence-electron chi connectivity index (χ0n) is 14.2. The van der Waals surface area contributed by atoms with Crippen molar-refractivity contribution in [3.63, 3.8) is 0 Å². The smallest absolute Gasteiger partial charge is 0.264 e. The van der Waals surface area contributed by atoms with E-state index in [9.17, 15) is 12.8 Å². The molecular formula is C18H14FN5O2S. The van der Waals surface area contributed by atoms with Crippen molar-refractivity contribution in [3.05, 3.63) is 72.3 Å². The Bertz CT molecular complexity index is 1250. The van der Waals surface area contributed by atoms with Crippen molar-refractivity contribution in [2.45, 2.75) is 11.8 Å². The highest BCUT2D eigenvalue weighted by atomic mass is 32.2. The van der Waals surface area contributed by atoms with Crippen LogP contribution in [0.2, 0.25) is 0 Å². The van der Waals surface area contributed by atoms with Gasteiger partial charge in [-0.2, -0.15) is 9.61 Å². The van der Waals surface area contributed by atoms with Gasteiger partial charge in [0.2, 0.25) is 0 Å². The molecule has 0 radical (unpaired) electrons. The number of anilines is 1. The van der Waals surface area contributed by atoms with Gasteiger partial charge in [-0.3, -0.25) is 4.72 Å². The average molecular weight is 383 g/mol. The molecule has 7 nitrogen and oxygen atoms in total. The van der Waals surface area contributed by atoms with Gasteiger partial charge in [-0.15, -0.1) is 10.2 Å². The number of nitrogens with zero attached hydrogens (tertiary/aromatic N) is 4. The topological polar surface area (TPSA) is 89.2 Å². The summed E-state index contributed by atoms with van der Waals surface area (Å²) in [6, 6.07) is 15.5. The second-order valence-electron chi connectivity index (χ2n) is 5.85. The van der Waals surface area contributed by atoms with Crippen LogP contribution in [-0.4, -0.2) is 28.2 Å². The minimum atomic E-state index is -4.05. The molecule has 2 aromatic heterocycles. The van der Waals surface area contributed by atoms with Crippen LogP contribution >= 0.6 is 0 Å². The van der Waals surface area contributed by atoms with Crippen molar-refractivity contribution in [1.29, 1.82) is 0 Å². The van der Waals surface area contributed by atoms with Crippen LogP contribution in [0.15, 0.2) is 65.6 Å². The van der Waals surface area contributed by atoms with E-state index in [-0.39, 0.29) is 0 Å². The van der Waals surface area contributed by atoms with Crippen LogP contribution in [0.4, 0.5) is 10.1 Å². The molecule has 0 saturated heterocycles. The molecule has 0 spiro atoms. The molecule has 0 amide bonds. The minimum absolute atomic E-state index is 0.304. The molecule has 0 bridgehead atoms. The lowest BCUT2D eigenvalue weighted by molar-refractivity contribution is 0.570. The van der Waals surface area contributed by atoms with Gasteiger partial charge >= 0.3 is 0 Å².